The van der Waals surface area contributed by atoms with Gasteiger partial charge in [-0.25, -0.2) is 0 Å². The average Bonchev–Trinajstić information content (AvgIpc) is 2.24. The minimum atomic E-state index is -3.58. The molecule has 0 heterocycles. The van der Waals surface area contributed by atoms with Gasteiger partial charge in [-0.15, -0.1) is 0 Å². The van der Waals surface area contributed by atoms with Crippen molar-refractivity contribution >= 4 is 21.8 Å². The van der Waals surface area contributed by atoms with Gasteiger partial charge in [-0.1, -0.05) is 6.07 Å². The lowest BCUT2D eigenvalue weighted by atomic mass is 10.1. The van der Waals surface area contributed by atoms with E-state index in [0.717, 1.165) is 15.4 Å². The number of carbonyl (C=O) groups is 1. The van der Waals surface area contributed by atoms with Crippen molar-refractivity contribution in [2.75, 3.05) is 26.0 Å². The monoisotopic (exact) mass is 285 g/mol. The second-order valence-electron chi connectivity index (χ2n) is 4.53. The van der Waals surface area contributed by atoms with Crippen LogP contribution >= 0.6 is 0 Å². The highest BCUT2D eigenvalue weighted by Gasteiger charge is 2.14. The fourth-order valence-corrected chi connectivity index (χ4v) is 2.11. The number of benzene rings is 1. The van der Waals surface area contributed by atoms with Crippen molar-refractivity contribution in [1.82, 2.24) is 9.03 Å². The summed E-state index contributed by atoms with van der Waals surface area (Å²) in [6, 6.07) is 5.64. The molecule has 0 aliphatic carbocycles. The number of carbonyl (C=O) groups excluding carboxylic acids is 1. The maximum atomic E-state index is 11.6. The van der Waals surface area contributed by atoms with E-state index < -0.39 is 16.1 Å². The maximum Gasteiger partial charge on any atom is 0.279 e. The Bertz CT molecular complexity index is 547. The molecule has 0 aromatic heterocycles. The Morgan fingerprint density at radius 1 is 1.16 bits per heavy atom. The molecule has 0 aliphatic heterocycles. The molecule has 6 nitrogen and oxygen atoms in total. The Labute approximate surface area is 114 Å². The maximum absolute atomic E-state index is 11.6. The number of hydrogen-bond donors (Lipinski definition) is 2. The number of amides is 1. The first kappa shape index (κ1) is 15.6. The molecule has 0 fully saturated rings. The molecular formula is C12H19N3O3S. The topological polar surface area (TPSA) is 78.5 Å². The van der Waals surface area contributed by atoms with Gasteiger partial charge in [-0.3, -0.25) is 4.79 Å². The van der Waals surface area contributed by atoms with Gasteiger partial charge < -0.3 is 5.32 Å². The van der Waals surface area contributed by atoms with Gasteiger partial charge in [-0.05, 0) is 37.1 Å². The minimum absolute atomic E-state index is 0.298. The summed E-state index contributed by atoms with van der Waals surface area (Å²) in [4.78, 5) is 11.6. The summed E-state index contributed by atoms with van der Waals surface area (Å²) in [6.07, 6.45) is 0. The van der Waals surface area contributed by atoms with E-state index in [2.05, 4.69) is 10.0 Å². The Hall–Kier alpha value is -1.44. The van der Waals surface area contributed by atoms with Gasteiger partial charge in [0.05, 0.1) is 6.54 Å². The molecule has 0 radical (unpaired) electrons. The van der Waals surface area contributed by atoms with E-state index >= 15 is 0 Å². The first-order valence-electron chi connectivity index (χ1n) is 5.76. The predicted octanol–water partition coefficient (Wildman–Crippen LogP) is 0.638. The number of rotatable bonds is 5. The van der Waals surface area contributed by atoms with E-state index in [9.17, 15) is 13.2 Å². The van der Waals surface area contributed by atoms with Gasteiger partial charge in [0.25, 0.3) is 10.2 Å². The molecule has 1 aromatic carbocycles. The van der Waals surface area contributed by atoms with Gasteiger partial charge in [0.2, 0.25) is 5.91 Å². The van der Waals surface area contributed by atoms with Crippen molar-refractivity contribution in [3.05, 3.63) is 29.3 Å². The highest BCUT2D eigenvalue weighted by molar-refractivity contribution is 7.87. The van der Waals surface area contributed by atoms with Crippen molar-refractivity contribution in [3.8, 4) is 0 Å². The molecule has 0 bridgehead atoms. The van der Waals surface area contributed by atoms with Crippen LogP contribution in [0, 0.1) is 13.8 Å². The van der Waals surface area contributed by atoms with Crippen LogP contribution in [0.1, 0.15) is 11.1 Å². The summed E-state index contributed by atoms with van der Waals surface area (Å²) in [5.74, 6) is -0.407. The van der Waals surface area contributed by atoms with E-state index in [1.807, 2.05) is 32.0 Å². The van der Waals surface area contributed by atoms with E-state index in [4.69, 9.17) is 0 Å². The normalized spacial score (nSPS) is 11.6. The molecule has 0 spiro atoms. The fraction of sp³-hybridized carbons (Fsp3) is 0.417. The van der Waals surface area contributed by atoms with Crippen molar-refractivity contribution in [2.24, 2.45) is 0 Å². The summed E-state index contributed by atoms with van der Waals surface area (Å²) in [5, 5.41) is 2.65. The molecule has 0 atom stereocenters. The minimum Gasteiger partial charge on any atom is -0.325 e. The van der Waals surface area contributed by atoms with Crippen LogP contribution in [0.4, 0.5) is 5.69 Å². The van der Waals surface area contributed by atoms with E-state index in [0.29, 0.717) is 5.69 Å². The first-order chi connectivity index (χ1) is 8.70. The van der Waals surface area contributed by atoms with Crippen LogP contribution in [0.25, 0.3) is 0 Å². The molecule has 1 aromatic rings. The number of aryl methyl sites for hydroxylation is 2. The SMILES string of the molecule is Cc1cc(C)cc(NC(=O)CNS(=O)(=O)N(C)C)c1. The van der Waals surface area contributed by atoms with Crippen molar-refractivity contribution in [2.45, 2.75) is 13.8 Å². The molecule has 0 unspecified atom stereocenters. The fourth-order valence-electron chi connectivity index (χ4n) is 1.54. The Kier molecular flexibility index (Phi) is 5.04. The molecule has 1 amide bonds. The second-order valence-corrected chi connectivity index (χ2v) is 6.50. The Balaban J connectivity index is 2.61. The van der Waals surface area contributed by atoms with Gasteiger partial charge in [-0.2, -0.15) is 17.4 Å². The largest absolute Gasteiger partial charge is 0.325 e. The number of nitrogens with zero attached hydrogens (tertiary/aromatic N) is 1. The van der Waals surface area contributed by atoms with Crippen molar-refractivity contribution < 1.29 is 13.2 Å². The zero-order chi connectivity index (χ0) is 14.6. The third-order valence-electron chi connectivity index (χ3n) is 2.40. The molecule has 19 heavy (non-hydrogen) atoms. The van der Waals surface area contributed by atoms with Gasteiger partial charge in [0.1, 0.15) is 0 Å². The summed E-state index contributed by atoms with van der Waals surface area (Å²) in [5.41, 5.74) is 2.72. The number of nitrogens with one attached hydrogen (secondary N) is 2. The van der Waals surface area contributed by atoms with Crippen molar-refractivity contribution in [1.29, 1.82) is 0 Å². The lowest BCUT2D eigenvalue weighted by Crippen LogP contribution is -2.40. The molecular weight excluding hydrogens is 266 g/mol. The highest BCUT2D eigenvalue weighted by Crippen LogP contribution is 2.13. The zero-order valence-electron chi connectivity index (χ0n) is 11.5. The van der Waals surface area contributed by atoms with Crippen molar-refractivity contribution in [3.63, 3.8) is 0 Å². The van der Waals surface area contributed by atoms with Crippen LogP contribution in [0.5, 0.6) is 0 Å². The lowest BCUT2D eigenvalue weighted by Gasteiger charge is -2.12. The lowest BCUT2D eigenvalue weighted by molar-refractivity contribution is -0.115. The smallest absolute Gasteiger partial charge is 0.279 e. The number of hydrogen-bond acceptors (Lipinski definition) is 3. The standard InChI is InChI=1S/C12H19N3O3S/c1-9-5-10(2)7-11(6-9)14-12(16)8-13-19(17,18)15(3)4/h5-7,13H,8H2,1-4H3,(H,14,16). The number of anilines is 1. The average molecular weight is 285 g/mol. The molecule has 1 rings (SSSR count). The summed E-state index contributed by atoms with van der Waals surface area (Å²) in [6.45, 7) is 3.56. The molecule has 2 N–H and O–H groups in total. The van der Waals surface area contributed by atoms with Gasteiger partial charge in [0, 0.05) is 19.8 Å². The first-order valence-corrected chi connectivity index (χ1v) is 7.20. The molecule has 7 heteroatoms. The van der Waals surface area contributed by atoms with Crippen LogP contribution in [-0.4, -0.2) is 39.3 Å². The highest BCUT2D eigenvalue weighted by atomic mass is 32.2. The summed E-state index contributed by atoms with van der Waals surface area (Å²) in [7, 11) is -0.793. The molecule has 106 valence electrons. The summed E-state index contributed by atoms with van der Waals surface area (Å²) >= 11 is 0. The third kappa shape index (κ3) is 4.98. The van der Waals surface area contributed by atoms with Crippen LogP contribution in [0.15, 0.2) is 18.2 Å². The van der Waals surface area contributed by atoms with E-state index in [-0.39, 0.29) is 6.54 Å². The van der Waals surface area contributed by atoms with Crippen LogP contribution in [0.2, 0.25) is 0 Å². The predicted molar refractivity (Wildman–Crippen MR) is 75.2 cm³/mol. The molecule has 0 saturated carbocycles. The Morgan fingerprint density at radius 2 is 1.68 bits per heavy atom. The molecule has 0 aliphatic rings. The van der Waals surface area contributed by atoms with Crippen LogP contribution in [-0.2, 0) is 15.0 Å². The second kappa shape index (κ2) is 6.14. The van der Waals surface area contributed by atoms with Gasteiger partial charge >= 0.3 is 0 Å². The quantitative estimate of drug-likeness (QED) is 0.833. The van der Waals surface area contributed by atoms with E-state index in [1.165, 1.54) is 14.1 Å². The zero-order valence-corrected chi connectivity index (χ0v) is 12.3. The summed E-state index contributed by atoms with van der Waals surface area (Å²) < 4.78 is 26.1. The van der Waals surface area contributed by atoms with Crippen LogP contribution < -0.4 is 10.0 Å². The Morgan fingerprint density at radius 3 is 2.16 bits per heavy atom. The third-order valence-corrected chi connectivity index (χ3v) is 3.87. The molecule has 0 saturated heterocycles. The van der Waals surface area contributed by atoms with Crippen LogP contribution in [0.3, 0.4) is 0 Å². The van der Waals surface area contributed by atoms with Gasteiger partial charge in [0.15, 0.2) is 0 Å². The van der Waals surface area contributed by atoms with E-state index in [1.54, 1.807) is 0 Å².